The number of aromatic carboxylic acids is 1. The Morgan fingerprint density at radius 1 is 1.32 bits per heavy atom. The first-order valence-electron chi connectivity index (χ1n) is 5.88. The Morgan fingerprint density at radius 2 is 1.95 bits per heavy atom. The van der Waals surface area contributed by atoms with Gasteiger partial charge in [0.15, 0.2) is 5.69 Å². The predicted molar refractivity (Wildman–Crippen MR) is 68.4 cm³/mol. The van der Waals surface area contributed by atoms with Crippen molar-refractivity contribution in [1.82, 2.24) is 5.16 Å². The lowest BCUT2D eigenvalue weighted by molar-refractivity contribution is 0.0683. The lowest BCUT2D eigenvalue weighted by Crippen LogP contribution is -2.06. The summed E-state index contributed by atoms with van der Waals surface area (Å²) in [7, 11) is 0. The van der Waals surface area contributed by atoms with Crippen LogP contribution in [0.25, 0.3) is 0 Å². The fourth-order valence-electron chi connectivity index (χ4n) is 1.90. The van der Waals surface area contributed by atoms with Crippen molar-refractivity contribution >= 4 is 5.97 Å². The smallest absolute Gasteiger partial charge is 0.358 e. The largest absolute Gasteiger partial charge is 0.488 e. The van der Waals surface area contributed by atoms with Crippen molar-refractivity contribution in [2.24, 2.45) is 0 Å². The number of rotatable bonds is 4. The van der Waals surface area contributed by atoms with Crippen LogP contribution >= 0.6 is 0 Å². The second-order valence-electron chi connectivity index (χ2n) is 4.38. The summed E-state index contributed by atoms with van der Waals surface area (Å²) in [6.07, 6.45) is 0. The highest BCUT2D eigenvalue weighted by Crippen LogP contribution is 2.24. The highest BCUT2D eigenvalue weighted by molar-refractivity contribution is 5.87. The van der Waals surface area contributed by atoms with Crippen LogP contribution in [0.5, 0.6) is 5.75 Å². The van der Waals surface area contributed by atoms with Crippen LogP contribution in [-0.4, -0.2) is 16.2 Å². The molecule has 19 heavy (non-hydrogen) atoms. The van der Waals surface area contributed by atoms with E-state index in [1.165, 1.54) is 0 Å². The molecule has 5 heteroatoms. The summed E-state index contributed by atoms with van der Waals surface area (Å²) in [6, 6.07) is 5.84. The van der Waals surface area contributed by atoms with Crippen molar-refractivity contribution in [3.05, 3.63) is 46.3 Å². The maximum atomic E-state index is 11.0. The number of carbonyl (C=O) groups is 1. The number of hydrogen-bond donors (Lipinski definition) is 1. The van der Waals surface area contributed by atoms with Crippen molar-refractivity contribution < 1.29 is 19.2 Å². The summed E-state index contributed by atoms with van der Waals surface area (Å²) in [5.74, 6) is 0.111. The van der Waals surface area contributed by atoms with Gasteiger partial charge in [-0.3, -0.25) is 0 Å². The maximum Gasteiger partial charge on any atom is 0.358 e. The number of hydrogen-bond acceptors (Lipinski definition) is 4. The Balaban J connectivity index is 2.24. The molecule has 0 aliphatic rings. The molecular weight excluding hydrogens is 246 g/mol. The van der Waals surface area contributed by atoms with Crippen LogP contribution in [0.15, 0.2) is 22.7 Å². The first-order chi connectivity index (χ1) is 9.00. The molecule has 5 nitrogen and oxygen atoms in total. The van der Waals surface area contributed by atoms with E-state index in [1.54, 1.807) is 6.92 Å². The van der Waals surface area contributed by atoms with Crippen LogP contribution in [0, 0.1) is 20.8 Å². The number of aromatic nitrogens is 1. The maximum absolute atomic E-state index is 11.0. The quantitative estimate of drug-likeness (QED) is 0.916. The van der Waals surface area contributed by atoms with Crippen LogP contribution in [0.4, 0.5) is 0 Å². The Hall–Kier alpha value is -2.30. The summed E-state index contributed by atoms with van der Waals surface area (Å²) in [4.78, 5) is 11.0. The molecular formula is C14H15NO4. The number of para-hydroxylation sites is 1. The Labute approximate surface area is 110 Å². The Bertz CT molecular complexity index is 596. The highest BCUT2D eigenvalue weighted by Gasteiger charge is 2.19. The zero-order chi connectivity index (χ0) is 14.0. The van der Waals surface area contributed by atoms with Gasteiger partial charge in [-0.2, -0.15) is 0 Å². The summed E-state index contributed by atoms with van der Waals surface area (Å²) in [6.45, 7) is 5.69. The molecule has 0 bridgehead atoms. The first-order valence-corrected chi connectivity index (χ1v) is 5.88. The zero-order valence-corrected chi connectivity index (χ0v) is 11.1. The molecule has 2 rings (SSSR count). The fraction of sp³-hybridized carbons (Fsp3) is 0.286. The van der Waals surface area contributed by atoms with Crippen LogP contribution in [0.1, 0.15) is 32.9 Å². The van der Waals surface area contributed by atoms with Crippen molar-refractivity contribution in [2.75, 3.05) is 0 Å². The highest BCUT2D eigenvalue weighted by atomic mass is 16.5. The van der Waals surface area contributed by atoms with E-state index in [4.69, 9.17) is 14.4 Å². The number of carboxylic acid groups (broad SMARTS) is 1. The van der Waals surface area contributed by atoms with Gasteiger partial charge in [0.25, 0.3) is 0 Å². The molecule has 2 aromatic rings. The number of ether oxygens (including phenoxy) is 1. The molecule has 1 N–H and O–H groups in total. The second kappa shape index (κ2) is 5.14. The van der Waals surface area contributed by atoms with Gasteiger partial charge in [0.05, 0.1) is 5.56 Å². The van der Waals surface area contributed by atoms with Crippen molar-refractivity contribution in [3.63, 3.8) is 0 Å². The minimum Gasteiger partial charge on any atom is -0.488 e. The monoisotopic (exact) mass is 261 g/mol. The number of nitrogens with zero attached hydrogens (tertiary/aromatic N) is 1. The van der Waals surface area contributed by atoms with Crippen molar-refractivity contribution in [1.29, 1.82) is 0 Å². The minimum absolute atomic E-state index is 0.0938. The molecule has 0 aliphatic carbocycles. The van der Waals surface area contributed by atoms with E-state index < -0.39 is 5.97 Å². The van der Waals surface area contributed by atoms with E-state index in [1.807, 2.05) is 32.0 Å². The topological polar surface area (TPSA) is 72.6 Å². The van der Waals surface area contributed by atoms with E-state index in [2.05, 4.69) is 5.16 Å². The fourth-order valence-corrected chi connectivity index (χ4v) is 1.90. The Morgan fingerprint density at radius 3 is 2.53 bits per heavy atom. The third-order valence-electron chi connectivity index (χ3n) is 2.96. The van der Waals surface area contributed by atoms with Crippen molar-refractivity contribution in [3.8, 4) is 5.75 Å². The number of carboxylic acids is 1. The molecule has 0 spiro atoms. The van der Waals surface area contributed by atoms with E-state index >= 15 is 0 Å². The lowest BCUT2D eigenvalue weighted by atomic mass is 10.1. The van der Waals surface area contributed by atoms with Crippen LogP contribution in [0.2, 0.25) is 0 Å². The summed E-state index contributed by atoms with van der Waals surface area (Å²) < 4.78 is 10.6. The van der Waals surface area contributed by atoms with Gasteiger partial charge in [0, 0.05) is 0 Å². The van der Waals surface area contributed by atoms with Crippen LogP contribution in [0.3, 0.4) is 0 Å². The molecule has 100 valence electrons. The van der Waals surface area contributed by atoms with Gasteiger partial charge in [-0.15, -0.1) is 0 Å². The second-order valence-corrected chi connectivity index (χ2v) is 4.38. The Kier molecular flexibility index (Phi) is 3.55. The summed E-state index contributed by atoms with van der Waals surface area (Å²) in [5, 5.41) is 12.5. The van der Waals surface area contributed by atoms with E-state index in [0.29, 0.717) is 11.3 Å². The number of aryl methyl sites for hydroxylation is 3. The molecule has 0 aliphatic heterocycles. The van der Waals surface area contributed by atoms with Gasteiger partial charge in [0.1, 0.15) is 18.1 Å². The number of benzene rings is 1. The van der Waals surface area contributed by atoms with Crippen LogP contribution < -0.4 is 4.74 Å². The molecule has 0 unspecified atom stereocenters. The predicted octanol–water partition coefficient (Wildman–Crippen LogP) is 2.88. The molecule has 0 saturated heterocycles. The minimum atomic E-state index is -1.11. The average Bonchev–Trinajstić information content (AvgIpc) is 2.70. The molecule has 0 radical (unpaired) electrons. The van der Waals surface area contributed by atoms with Gasteiger partial charge < -0.3 is 14.4 Å². The van der Waals surface area contributed by atoms with Gasteiger partial charge in [-0.05, 0) is 31.9 Å². The summed E-state index contributed by atoms with van der Waals surface area (Å²) >= 11 is 0. The van der Waals surface area contributed by atoms with E-state index in [9.17, 15) is 4.79 Å². The van der Waals surface area contributed by atoms with E-state index in [0.717, 1.165) is 16.9 Å². The van der Waals surface area contributed by atoms with Gasteiger partial charge in [0.2, 0.25) is 0 Å². The molecule has 1 heterocycles. The molecule has 1 aromatic heterocycles. The lowest BCUT2D eigenvalue weighted by Gasteiger charge is -2.11. The van der Waals surface area contributed by atoms with Gasteiger partial charge in [-0.1, -0.05) is 23.4 Å². The van der Waals surface area contributed by atoms with Gasteiger partial charge >= 0.3 is 5.97 Å². The zero-order valence-electron chi connectivity index (χ0n) is 11.1. The van der Waals surface area contributed by atoms with Gasteiger partial charge in [-0.25, -0.2) is 4.79 Å². The third kappa shape index (κ3) is 2.59. The van der Waals surface area contributed by atoms with E-state index in [-0.39, 0.29) is 12.3 Å². The van der Waals surface area contributed by atoms with Crippen molar-refractivity contribution in [2.45, 2.75) is 27.4 Å². The molecule has 1 aromatic carbocycles. The molecule has 0 amide bonds. The average molecular weight is 261 g/mol. The SMILES string of the molecule is Cc1cccc(C)c1OCc1c(C(=O)O)noc1C. The third-order valence-corrected chi connectivity index (χ3v) is 2.96. The summed E-state index contributed by atoms with van der Waals surface area (Å²) in [5.41, 5.74) is 2.39. The normalized spacial score (nSPS) is 10.5. The molecule has 0 saturated carbocycles. The first kappa shape index (κ1) is 13.1. The van der Waals surface area contributed by atoms with Crippen LogP contribution in [-0.2, 0) is 6.61 Å². The standard InChI is InChI=1S/C14H15NO4/c1-8-5-4-6-9(2)13(8)18-7-11-10(3)19-15-12(11)14(16)17/h4-6H,7H2,1-3H3,(H,16,17). The molecule has 0 atom stereocenters. The molecule has 0 fully saturated rings.